The topological polar surface area (TPSA) is 43.4 Å². The van der Waals surface area contributed by atoms with Crippen molar-refractivity contribution in [1.29, 1.82) is 0 Å². The monoisotopic (exact) mass is 314 g/mol. The number of para-hydroxylation sites is 1. The van der Waals surface area contributed by atoms with E-state index < -0.39 is 0 Å². The molecular weight excluding hydrogens is 308 g/mol. The molecular formula is C15H7BrO3. The fourth-order valence-corrected chi connectivity index (χ4v) is 2.63. The Morgan fingerprint density at radius 2 is 1.58 bits per heavy atom. The summed E-state index contributed by atoms with van der Waals surface area (Å²) in [5.74, 6) is 0. The summed E-state index contributed by atoms with van der Waals surface area (Å²) < 4.78 is 12.4. The van der Waals surface area contributed by atoms with Gasteiger partial charge < -0.3 is 8.83 Å². The largest absolute Gasteiger partial charge is 0.452 e. The van der Waals surface area contributed by atoms with Gasteiger partial charge in [-0.15, -0.1) is 0 Å². The molecule has 2 aromatic carbocycles. The van der Waals surface area contributed by atoms with Crippen LogP contribution < -0.4 is 5.43 Å². The first-order chi connectivity index (χ1) is 9.24. The zero-order chi connectivity index (χ0) is 13.0. The fourth-order valence-electron chi connectivity index (χ4n) is 2.27. The van der Waals surface area contributed by atoms with Gasteiger partial charge in [-0.25, -0.2) is 0 Å². The Bertz CT molecular complexity index is 995. The molecule has 4 heteroatoms. The standard InChI is InChI=1S/C15H7BrO3/c16-8-5-6-12-10(7-8)14-15(19-12)13(17)9-3-1-2-4-11(9)18-14/h1-7H. The van der Waals surface area contributed by atoms with Crippen molar-refractivity contribution in [1.82, 2.24) is 0 Å². The van der Waals surface area contributed by atoms with Gasteiger partial charge in [0.25, 0.3) is 0 Å². The number of benzene rings is 2. The van der Waals surface area contributed by atoms with E-state index in [0.717, 1.165) is 9.86 Å². The molecule has 0 aliphatic heterocycles. The van der Waals surface area contributed by atoms with Crippen LogP contribution in [-0.2, 0) is 0 Å². The molecule has 0 aliphatic rings. The van der Waals surface area contributed by atoms with E-state index in [4.69, 9.17) is 8.83 Å². The van der Waals surface area contributed by atoms with Crippen LogP contribution in [0.1, 0.15) is 0 Å². The van der Waals surface area contributed by atoms with E-state index in [1.54, 1.807) is 12.1 Å². The van der Waals surface area contributed by atoms with Gasteiger partial charge in [0, 0.05) is 4.47 Å². The summed E-state index contributed by atoms with van der Waals surface area (Å²) in [7, 11) is 0. The Kier molecular flexibility index (Phi) is 2.11. The summed E-state index contributed by atoms with van der Waals surface area (Å²) >= 11 is 3.41. The average Bonchev–Trinajstić information content (AvgIpc) is 2.78. The molecule has 0 radical (unpaired) electrons. The highest BCUT2D eigenvalue weighted by Gasteiger charge is 2.15. The van der Waals surface area contributed by atoms with E-state index in [9.17, 15) is 4.79 Å². The molecule has 2 aromatic heterocycles. The van der Waals surface area contributed by atoms with Crippen LogP contribution in [0.15, 0.2) is 60.6 Å². The highest BCUT2D eigenvalue weighted by molar-refractivity contribution is 9.10. The van der Waals surface area contributed by atoms with Crippen molar-refractivity contribution < 1.29 is 8.83 Å². The average molecular weight is 315 g/mol. The molecule has 0 atom stereocenters. The summed E-state index contributed by atoms with van der Waals surface area (Å²) in [6.45, 7) is 0. The second-order valence-corrected chi connectivity index (χ2v) is 5.24. The van der Waals surface area contributed by atoms with Crippen molar-refractivity contribution in [3.63, 3.8) is 0 Å². The lowest BCUT2D eigenvalue weighted by Gasteiger charge is -1.95. The summed E-state index contributed by atoms with van der Waals surface area (Å²) in [6.07, 6.45) is 0. The SMILES string of the molecule is O=c1c2ccccc2oc2c1oc1ccc(Br)cc12. The molecule has 3 nitrogen and oxygen atoms in total. The van der Waals surface area contributed by atoms with Gasteiger partial charge in [0.05, 0.1) is 10.8 Å². The normalized spacial score (nSPS) is 11.6. The van der Waals surface area contributed by atoms with E-state index in [1.165, 1.54) is 0 Å². The van der Waals surface area contributed by atoms with Crippen LogP contribution >= 0.6 is 15.9 Å². The van der Waals surface area contributed by atoms with E-state index in [2.05, 4.69) is 15.9 Å². The zero-order valence-corrected chi connectivity index (χ0v) is 11.2. The molecule has 0 bridgehead atoms. The number of hydrogen-bond acceptors (Lipinski definition) is 3. The Balaban J connectivity index is 2.34. The maximum Gasteiger partial charge on any atom is 0.235 e. The first kappa shape index (κ1) is 10.8. The molecule has 4 rings (SSSR count). The summed E-state index contributed by atoms with van der Waals surface area (Å²) in [5, 5.41) is 1.33. The third-order valence-electron chi connectivity index (χ3n) is 3.15. The summed E-state index contributed by atoms with van der Waals surface area (Å²) in [6, 6.07) is 12.8. The maximum absolute atomic E-state index is 12.4. The minimum absolute atomic E-state index is 0.135. The molecule has 0 aliphatic carbocycles. The molecule has 4 aromatic rings. The lowest BCUT2D eigenvalue weighted by Crippen LogP contribution is -1.99. The van der Waals surface area contributed by atoms with Crippen LogP contribution in [0, 0.1) is 0 Å². The van der Waals surface area contributed by atoms with Gasteiger partial charge in [0.2, 0.25) is 11.0 Å². The van der Waals surface area contributed by atoms with Crippen LogP contribution in [0.5, 0.6) is 0 Å². The lowest BCUT2D eigenvalue weighted by atomic mass is 10.2. The van der Waals surface area contributed by atoms with Gasteiger partial charge in [0.15, 0.2) is 5.58 Å². The van der Waals surface area contributed by atoms with Gasteiger partial charge in [-0.3, -0.25) is 4.79 Å². The van der Waals surface area contributed by atoms with E-state index in [-0.39, 0.29) is 11.0 Å². The molecule has 0 spiro atoms. The Morgan fingerprint density at radius 3 is 2.47 bits per heavy atom. The van der Waals surface area contributed by atoms with E-state index in [0.29, 0.717) is 22.1 Å². The van der Waals surface area contributed by atoms with Crippen molar-refractivity contribution in [2.45, 2.75) is 0 Å². The van der Waals surface area contributed by atoms with Crippen molar-refractivity contribution in [3.05, 3.63) is 57.2 Å². The predicted molar refractivity (Wildman–Crippen MR) is 77.5 cm³/mol. The van der Waals surface area contributed by atoms with Crippen molar-refractivity contribution >= 4 is 49.0 Å². The molecule has 0 saturated carbocycles. The van der Waals surface area contributed by atoms with Crippen LogP contribution in [0.3, 0.4) is 0 Å². The summed E-state index contributed by atoms with van der Waals surface area (Å²) in [4.78, 5) is 12.4. The number of hydrogen-bond donors (Lipinski definition) is 0. The third-order valence-corrected chi connectivity index (χ3v) is 3.65. The highest BCUT2D eigenvalue weighted by Crippen LogP contribution is 2.31. The minimum Gasteiger partial charge on any atom is -0.452 e. The quantitative estimate of drug-likeness (QED) is 0.481. The Hall–Kier alpha value is -2.07. The van der Waals surface area contributed by atoms with Crippen LogP contribution in [-0.4, -0.2) is 0 Å². The van der Waals surface area contributed by atoms with Crippen molar-refractivity contribution in [3.8, 4) is 0 Å². The van der Waals surface area contributed by atoms with Gasteiger partial charge >= 0.3 is 0 Å². The van der Waals surface area contributed by atoms with E-state index >= 15 is 0 Å². The van der Waals surface area contributed by atoms with Crippen molar-refractivity contribution in [2.24, 2.45) is 0 Å². The first-order valence-corrected chi connectivity index (χ1v) is 6.57. The zero-order valence-electron chi connectivity index (χ0n) is 9.64. The molecule has 2 heterocycles. The van der Waals surface area contributed by atoms with Gasteiger partial charge in [-0.2, -0.15) is 0 Å². The van der Waals surface area contributed by atoms with Gasteiger partial charge in [0.1, 0.15) is 11.2 Å². The smallest absolute Gasteiger partial charge is 0.235 e. The molecule has 0 unspecified atom stereocenters. The summed E-state index contributed by atoms with van der Waals surface area (Å²) in [5.41, 5.74) is 1.85. The molecule has 92 valence electrons. The van der Waals surface area contributed by atoms with Crippen LogP contribution in [0.25, 0.3) is 33.1 Å². The number of halogens is 1. The Morgan fingerprint density at radius 1 is 0.842 bits per heavy atom. The third kappa shape index (κ3) is 1.47. The minimum atomic E-state index is -0.135. The Labute approximate surface area is 115 Å². The molecule has 0 amide bonds. The first-order valence-electron chi connectivity index (χ1n) is 5.77. The second-order valence-electron chi connectivity index (χ2n) is 4.33. The van der Waals surface area contributed by atoms with Crippen LogP contribution in [0.4, 0.5) is 0 Å². The predicted octanol–water partition coefficient (Wildman–Crippen LogP) is 4.45. The molecule has 0 N–H and O–H groups in total. The van der Waals surface area contributed by atoms with Gasteiger partial charge in [-0.05, 0) is 30.3 Å². The highest BCUT2D eigenvalue weighted by atomic mass is 79.9. The maximum atomic E-state index is 12.4. The lowest BCUT2D eigenvalue weighted by molar-refractivity contribution is 0.630. The number of furan rings is 1. The molecule has 0 fully saturated rings. The fraction of sp³-hybridized carbons (Fsp3) is 0. The van der Waals surface area contributed by atoms with E-state index in [1.807, 2.05) is 30.3 Å². The van der Waals surface area contributed by atoms with Gasteiger partial charge in [-0.1, -0.05) is 28.1 Å². The number of fused-ring (bicyclic) bond motifs is 4. The number of rotatable bonds is 0. The molecule has 19 heavy (non-hydrogen) atoms. The van der Waals surface area contributed by atoms with Crippen LogP contribution in [0.2, 0.25) is 0 Å². The van der Waals surface area contributed by atoms with Crippen molar-refractivity contribution in [2.75, 3.05) is 0 Å². The molecule has 0 saturated heterocycles. The second kappa shape index (κ2) is 3.71.